The molecule has 0 saturated heterocycles. The van der Waals surface area contributed by atoms with Crippen LogP contribution in [-0.2, 0) is 6.54 Å². The molecule has 0 aromatic heterocycles. The maximum Gasteiger partial charge on any atom is 0.182 e. The summed E-state index contributed by atoms with van der Waals surface area (Å²) in [5.74, 6) is 0.938. The molecule has 0 saturated carbocycles. The third-order valence-electron chi connectivity index (χ3n) is 2.15. The van der Waals surface area contributed by atoms with Crippen molar-refractivity contribution in [2.24, 2.45) is 0 Å². The topological polar surface area (TPSA) is 54.3 Å². The molecule has 0 fully saturated rings. The van der Waals surface area contributed by atoms with E-state index in [0.29, 0.717) is 23.1 Å². The summed E-state index contributed by atoms with van der Waals surface area (Å²) in [4.78, 5) is 0. The molecule has 0 bridgehead atoms. The average Bonchev–Trinajstić information content (AvgIpc) is 2.32. The maximum atomic E-state index is 8.72. The van der Waals surface area contributed by atoms with Gasteiger partial charge in [0, 0.05) is 6.54 Å². The van der Waals surface area contributed by atoms with Crippen molar-refractivity contribution in [1.82, 2.24) is 5.32 Å². The van der Waals surface area contributed by atoms with E-state index >= 15 is 0 Å². The number of hydrogen-bond donors (Lipinski definition) is 1. The molecule has 0 aliphatic heterocycles. The molecule has 92 valence electrons. The van der Waals surface area contributed by atoms with E-state index in [2.05, 4.69) is 5.32 Å². The van der Waals surface area contributed by atoms with Crippen LogP contribution in [0.2, 0.25) is 5.02 Å². The molecule has 0 aliphatic carbocycles. The van der Waals surface area contributed by atoms with Crippen molar-refractivity contribution in [3.05, 3.63) is 22.7 Å². The van der Waals surface area contributed by atoms with E-state index in [9.17, 15) is 0 Å². The first-order chi connectivity index (χ1) is 8.12. The minimum absolute atomic E-state index is 0.406. The minimum atomic E-state index is -0.573. The molecular weight excluding hydrogens is 240 g/mol. The number of nitrogens with one attached hydrogen (secondary N) is 1. The number of benzene rings is 1. The first-order valence-electron chi connectivity index (χ1n) is 5.19. The number of rotatable bonds is 5. The lowest BCUT2D eigenvalue weighted by Crippen LogP contribution is -2.10. The van der Waals surface area contributed by atoms with Gasteiger partial charge in [-0.25, -0.2) is 0 Å². The quantitative estimate of drug-likeness (QED) is 0.876. The number of methoxy groups -OCH3 is 1. The highest BCUT2D eigenvalue weighted by molar-refractivity contribution is 6.32. The van der Waals surface area contributed by atoms with Gasteiger partial charge < -0.3 is 14.8 Å². The van der Waals surface area contributed by atoms with Gasteiger partial charge in [-0.05, 0) is 31.7 Å². The second-order valence-corrected chi connectivity index (χ2v) is 3.94. The van der Waals surface area contributed by atoms with Crippen LogP contribution in [0, 0.1) is 11.3 Å². The summed E-state index contributed by atoms with van der Waals surface area (Å²) < 4.78 is 10.6. The fourth-order valence-electron chi connectivity index (χ4n) is 1.40. The van der Waals surface area contributed by atoms with Gasteiger partial charge in [0.2, 0.25) is 0 Å². The van der Waals surface area contributed by atoms with Gasteiger partial charge in [-0.3, -0.25) is 0 Å². The highest BCUT2D eigenvalue weighted by Gasteiger charge is 2.14. The average molecular weight is 255 g/mol. The van der Waals surface area contributed by atoms with Crippen LogP contribution >= 0.6 is 11.6 Å². The summed E-state index contributed by atoms with van der Waals surface area (Å²) in [6.07, 6.45) is -0.573. The zero-order chi connectivity index (χ0) is 12.8. The molecule has 4 nitrogen and oxygen atoms in total. The van der Waals surface area contributed by atoms with Crippen LogP contribution in [0.1, 0.15) is 12.5 Å². The van der Waals surface area contributed by atoms with Gasteiger partial charge in [0.1, 0.15) is 6.07 Å². The van der Waals surface area contributed by atoms with E-state index in [1.54, 1.807) is 20.1 Å². The van der Waals surface area contributed by atoms with Crippen LogP contribution in [0.15, 0.2) is 12.1 Å². The molecule has 1 unspecified atom stereocenters. The van der Waals surface area contributed by atoms with Crippen molar-refractivity contribution in [2.75, 3.05) is 14.2 Å². The normalized spacial score (nSPS) is 11.7. The molecule has 1 N–H and O–H groups in total. The number of nitriles is 1. The third-order valence-corrected chi connectivity index (χ3v) is 2.43. The number of ether oxygens (including phenoxy) is 2. The van der Waals surface area contributed by atoms with Gasteiger partial charge in [-0.1, -0.05) is 11.6 Å². The molecule has 0 radical (unpaired) electrons. The van der Waals surface area contributed by atoms with Gasteiger partial charge in [0.05, 0.1) is 12.1 Å². The molecule has 1 aromatic rings. The molecule has 5 heteroatoms. The standard InChI is InChI=1S/C12H15ClN2O2/c1-8(6-14)17-12-10(13)4-9(7-15-2)5-11(12)16-3/h4-5,8,15H,7H2,1-3H3. The van der Waals surface area contributed by atoms with Crippen molar-refractivity contribution in [3.8, 4) is 17.6 Å². The zero-order valence-corrected chi connectivity index (χ0v) is 10.8. The van der Waals surface area contributed by atoms with Gasteiger partial charge in [-0.15, -0.1) is 0 Å². The van der Waals surface area contributed by atoms with Crippen molar-refractivity contribution < 1.29 is 9.47 Å². The first kappa shape index (κ1) is 13.6. The molecule has 0 aliphatic rings. The van der Waals surface area contributed by atoms with Crippen LogP contribution in [0.3, 0.4) is 0 Å². The smallest absolute Gasteiger partial charge is 0.182 e. The van der Waals surface area contributed by atoms with Crippen LogP contribution in [0.5, 0.6) is 11.5 Å². The van der Waals surface area contributed by atoms with E-state index in [1.165, 1.54) is 0 Å². The summed E-state index contributed by atoms with van der Waals surface area (Å²) >= 11 is 6.11. The summed E-state index contributed by atoms with van der Waals surface area (Å²) in [6, 6.07) is 5.61. The fraction of sp³-hybridized carbons (Fsp3) is 0.417. The van der Waals surface area contributed by atoms with E-state index < -0.39 is 6.10 Å². The molecule has 17 heavy (non-hydrogen) atoms. The zero-order valence-electron chi connectivity index (χ0n) is 10.1. The second-order valence-electron chi connectivity index (χ2n) is 3.53. The van der Waals surface area contributed by atoms with E-state index in [1.807, 2.05) is 19.2 Å². The SMILES string of the molecule is CNCc1cc(Cl)c(OC(C)C#N)c(OC)c1. The molecule has 1 rings (SSSR count). The molecule has 0 spiro atoms. The summed E-state index contributed by atoms with van der Waals surface area (Å²) in [7, 11) is 3.39. The fourth-order valence-corrected chi connectivity index (χ4v) is 1.67. The van der Waals surface area contributed by atoms with E-state index in [-0.39, 0.29) is 0 Å². The van der Waals surface area contributed by atoms with Gasteiger partial charge in [0.15, 0.2) is 17.6 Å². The van der Waals surface area contributed by atoms with Crippen molar-refractivity contribution >= 4 is 11.6 Å². The van der Waals surface area contributed by atoms with Gasteiger partial charge in [-0.2, -0.15) is 5.26 Å². The molecular formula is C12H15ClN2O2. The predicted molar refractivity (Wildman–Crippen MR) is 66.5 cm³/mol. The molecule has 1 atom stereocenters. The lowest BCUT2D eigenvalue weighted by molar-refractivity contribution is 0.260. The van der Waals surface area contributed by atoms with Crippen LogP contribution in [0.4, 0.5) is 0 Å². The van der Waals surface area contributed by atoms with Crippen LogP contribution in [-0.4, -0.2) is 20.3 Å². The molecule has 1 aromatic carbocycles. The van der Waals surface area contributed by atoms with Gasteiger partial charge in [0.25, 0.3) is 0 Å². The lowest BCUT2D eigenvalue weighted by atomic mass is 10.2. The number of nitrogens with zero attached hydrogens (tertiary/aromatic N) is 1. The van der Waals surface area contributed by atoms with Gasteiger partial charge >= 0.3 is 0 Å². The van der Waals surface area contributed by atoms with E-state index in [4.69, 9.17) is 26.3 Å². The Bertz CT molecular complexity index is 429. The molecule has 0 heterocycles. The minimum Gasteiger partial charge on any atom is -0.493 e. The Balaban J connectivity index is 3.08. The van der Waals surface area contributed by atoms with Crippen molar-refractivity contribution in [1.29, 1.82) is 5.26 Å². The van der Waals surface area contributed by atoms with Crippen molar-refractivity contribution in [2.45, 2.75) is 19.6 Å². The number of halogens is 1. The summed E-state index contributed by atoms with van der Waals surface area (Å²) in [6.45, 7) is 2.33. The third kappa shape index (κ3) is 3.52. The Hall–Kier alpha value is -1.44. The Morgan fingerprint density at radius 1 is 1.53 bits per heavy atom. The molecule has 0 amide bonds. The lowest BCUT2D eigenvalue weighted by Gasteiger charge is -2.15. The van der Waals surface area contributed by atoms with Crippen molar-refractivity contribution in [3.63, 3.8) is 0 Å². The van der Waals surface area contributed by atoms with Crippen LogP contribution < -0.4 is 14.8 Å². The Kier molecular flexibility index (Phi) is 5.08. The second kappa shape index (κ2) is 6.33. The Labute approximate surface area is 106 Å². The Morgan fingerprint density at radius 3 is 2.76 bits per heavy atom. The highest BCUT2D eigenvalue weighted by atomic mass is 35.5. The number of hydrogen-bond acceptors (Lipinski definition) is 4. The monoisotopic (exact) mass is 254 g/mol. The van der Waals surface area contributed by atoms with Crippen LogP contribution in [0.25, 0.3) is 0 Å². The highest BCUT2D eigenvalue weighted by Crippen LogP contribution is 2.37. The summed E-state index contributed by atoms with van der Waals surface area (Å²) in [5.41, 5.74) is 0.992. The maximum absolute atomic E-state index is 8.72. The largest absolute Gasteiger partial charge is 0.493 e. The predicted octanol–water partition coefficient (Wildman–Crippen LogP) is 2.36. The Morgan fingerprint density at radius 2 is 2.24 bits per heavy atom. The van der Waals surface area contributed by atoms with E-state index in [0.717, 1.165) is 5.56 Å². The summed E-state index contributed by atoms with van der Waals surface area (Å²) in [5, 5.41) is 12.2. The first-order valence-corrected chi connectivity index (χ1v) is 5.57.